The second-order valence-electron chi connectivity index (χ2n) is 4.63. The minimum Gasteiger partial charge on any atom is -0.373 e. The lowest BCUT2D eigenvalue weighted by Gasteiger charge is -2.18. The number of aromatic nitrogens is 2. The van der Waals surface area contributed by atoms with Gasteiger partial charge in [0.15, 0.2) is 0 Å². The first-order valence-corrected chi connectivity index (χ1v) is 5.78. The van der Waals surface area contributed by atoms with E-state index < -0.39 is 0 Å². The van der Waals surface area contributed by atoms with Crippen LogP contribution in [0.3, 0.4) is 0 Å². The van der Waals surface area contributed by atoms with Crippen molar-refractivity contribution in [3.8, 4) is 0 Å². The van der Waals surface area contributed by atoms with Gasteiger partial charge in [-0.2, -0.15) is 0 Å². The molecule has 1 unspecified atom stereocenters. The minimum absolute atomic E-state index is 0.0141. The highest BCUT2D eigenvalue weighted by Gasteiger charge is 2.22. The Morgan fingerprint density at radius 3 is 2.75 bits per heavy atom. The molecule has 2 rings (SSSR count). The fourth-order valence-corrected chi connectivity index (χ4v) is 2.30. The highest BCUT2D eigenvalue weighted by Crippen LogP contribution is 2.23. The number of methoxy groups -OCH3 is 1. The van der Waals surface area contributed by atoms with Crippen LogP contribution in [0, 0.1) is 5.92 Å². The number of nitrogens with zero attached hydrogens (tertiary/aromatic N) is 1. The van der Waals surface area contributed by atoms with E-state index in [2.05, 4.69) is 23.8 Å². The maximum atomic E-state index is 11.8. The fraction of sp³-hybridized carbons (Fsp3) is 0.667. The van der Waals surface area contributed by atoms with Gasteiger partial charge in [0.25, 0.3) is 5.56 Å². The zero-order valence-corrected chi connectivity index (χ0v) is 10.0. The zero-order valence-electron chi connectivity index (χ0n) is 10.0. The van der Waals surface area contributed by atoms with Gasteiger partial charge in [-0.3, -0.25) is 4.79 Å². The molecule has 0 fully saturated rings. The number of aryl methyl sites for hydroxylation is 1. The summed E-state index contributed by atoms with van der Waals surface area (Å²) in [6, 6.07) is 0. The summed E-state index contributed by atoms with van der Waals surface area (Å²) in [6.07, 6.45) is 2.69. The predicted molar refractivity (Wildman–Crippen MR) is 61.5 cm³/mol. The van der Waals surface area contributed by atoms with E-state index in [4.69, 9.17) is 4.74 Å². The van der Waals surface area contributed by atoms with Crippen LogP contribution in [0.5, 0.6) is 0 Å². The van der Waals surface area contributed by atoms with Gasteiger partial charge in [0.05, 0.1) is 5.69 Å². The SMILES string of the molecule is COC(c1nc2c(c(=O)[nH]1)CCC2)C(C)C. The summed E-state index contributed by atoms with van der Waals surface area (Å²) >= 11 is 0. The molecule has 1 heterocycles. The van der Waals surface area contributed by atoms with E-state index in [1.54, 1.807) is 7.11 Å². The smallest absolute Gasteiger partial charge is 0.254 e. The van der Waals surface area contributed by atoms with Crippen LogP contribution in [-0.2, 0) is 17.6 Å². The number of rotatable bonds is 3. The van der Waals surface area contributed by atoms with Gasteiger partial charge in [-0.05, 0) is 25.2 Å². The van der Waals surface area contributed by atoms with Crippen molar-refractivity contribution in [3.63, 3.8) is 0 Å². The largest absolute Gasteiger partial charge is 0.373 e. The van der Waals surface area contributed by atoms with Crippen molar-refractivity contribution in [1.82, 2.24) is 9.97 Å². The van der Waals surface area contributed by atoms with Crippen LogP contribution in [0.15, 0.2) is 4.79 Å². The Bertz CT molecular complexity index is 437. The normalized spacial score (nSPS) is 16.5. The van der Waals surface area contributed by atoms with Crippen LogP contribution in [0.2, 0.25) is 0 Å². The molecule has 0 aromatic carbocycles. The van der Waals surface area contributed by atoms with Crippen molar-refractivity contribution in [3.05, 3.63) is 27.4 Å². The number of nitrogens with one attached hydrogen (secondary N) is 1. The molecule has 1 N–H and O–H groups in total. The Kier molecular flexibility index (Phi) is 3.10. The molecule has 1 aromatic heterocycles. The van der Waals surface area contributed by atoms with Gasteiger partial charge >= 0.3 is 0 Å². The van der Waals surface area contributed by atoms with E-state index in [0.29, 0.717) is 11.7 Å². The zero-order chi connectivity index (χ0) is 11.7. The van der Waals surface area contributed by atoms with E-state index in [0.717, 1.165) is 30.5 Å². The van der Waals surface area contributed by atoms with Crippen LogP contribution in [0.25, 0.3) is 0 Å². The summed E-state index contributed by atoms with van der Waals surface area (Å²) in [4.78, 5) is 19.2. The Balaban J connectivity index is 2.43. The molecule has 1 aromatic rings. The summed E-state index contributed by atoms with van der Waals surface area (Å²) in [6.45, 7) is 4.11. The number of H-pyrrole nitrogens is 1. The lowest BCUT2D eigenvalue weighted by Crippen LogP contribution is -2.22. The van der Waals surface area contributed by atoms with Crippen molar-refractivity contribution in [2.45, 2.75) is 39.2 Å². The molecule has 88 valence electrons. The van der Waals surface area contributed by atoms with Crippen LogP contribution < -0.4 is 5.56 Å². The Morgan fingerprint density at radius 1 is 1.38 bits per heavy atom. The molecule has 0 spiro atoms. The van der Waals surface area contributed by atoms with Crippen molar-refractivity contribution in [1.29, 1.82) is 0 Å². The van der Waals surface area contributed by atoms with Crippen molar-refractivity contribution >= 4 is 0 Å². The lowest BCUT2D eigenvalue weighted by molar-refractivity contribution is 0.0571. The molecule has 4 heteroatoms. The first-order chi connectivity index (χ1) is 7.63. The molecule has 0 saturated carbocycles. The third-order valence-electron chi connectivity index (χ3n) is 3.09. The predicted octanol–water partition coefficient (Wildman–Crippen LogP) is 1.60. The second-order valence-corrected chi connectivity index (χ2v) is 4.63. The van der Waals surface area contributed by atoms with Crippen LogP contribution in [0.4, 0.5) is 0 Å². The Hall–Kier alpha value is -1.16. The summed E-state index contributed by atoms with van der Waals surface area (Å²) in [5.41, 5.74) is 1.84. The van der Waals surface area contributed by atoms with Gasteiger partial charge in [-0.1, -0.05) is 13.8 Å². The van der Waals surface area contributed by atoms with Crippen molar-refractivity contribution in [2.75, 3.05) is 7.11 Å². The van der Waals surface area contributed by atoms with Crippen LogP contribution in [0.1, 0.15) is 43.5 Å². The lowest BCUT2D eigenvalue weighted by atomic mass is 10.1. The van der Waals surface area contributed by atoms with Crippen molar-refractivity contribution in [2.24, 2.45) is 5.92 Å². The monoisotopic (exact) mass is 222 g/mol. The average Bonchev–Trinajstić information content (AvgIpc) is 2.66. The molecule has 0 radical (unpaired) electrons. The van der Waals surface area contributed by atoms with E-state index in [-0.39, 0.29) is 11.7 Å². The molecular weight excluding hydrogens is 204 g/mol. The maximum Gasteiger partial charge on any atom is 0.254 e. The molecule has 0 amide bonds. The van der Waals surface area contributed by atoms with Gasteiger partial charge in [0.1, 0.15) is 11.9 Å². The third-order valence-corrected chi connectivity index (χ3v) is 3.09. The number of hydrogen-bond donors (Lipinski definition) is 1. The summed E-state index contributed by atoms with van der Waals surface area (Å²) < 4.78 is 5.38. The molecule has 1 atom stereocenters. The quantitative estimate of drug-likeness (QED) is 0.845. The standard InChI is InChI=1S/C12H18N2O2/c1-7(2)10(16-3)11-13-9-6-4-5-8(9)12(15)14-11/h7,10H,4-6H2,1-3H3,(H,13,14,15). The van der Waals surface area contributed by atoms with Gasteiger partial charge in [-0.25, -0.2) is 4.98 Å². The third kappa shape index (κ3) is 1.89. The Labute approximate surface area is 95.1 Å². The van der Waals surface area contributed by atoms with Crippen molar-refractivity contribution < 1.29 is 4.74 Å². The molecular formula is C12H18N2O2. The molecule has 1 aliphatic carbocycles. The number of hydrogen-bond acceptors (Lipinski definition) is 3. The van der Waals surface area contributed by atoms with Crippen LogP contribution >= 0.6 is 0 Å². The molecule has 16 heavy (non-hydrogen) atoms. The first-order valence-electron chi connectivity index (χ1n) is 5.78. The molecule has 0 aliphatic heterocycles. The van der Waals surface area contributed by atoms with E-state index >= 15 is 0 Å². The van der Waals surface area contributed by atoms with E-state index in [1.165, 1.54) is 0 Å². The van der Waals surface area contributed by atoms with Gasteiger partial charge in [0.2, 0.25) is 0 Å². The molecule has 0 saturated heterocycles. The average molecular weight is 222 g/mol. The highest BCUT2D eigenvalue weighted by molar-refractivity contribution is 5.23. The topological polar surface area (TPSA) is 55.0 Å². The van der Waals surface area contributed by atoms with E-state index in [9.17, 15) is 4.79 Å². The second kappa shape index (κ2) is 4.37. The molecule has 1 aliphatic rings. The minimum atomic E-state index is -0.126. The fourth-order valence-electron chi connectivity index (χ4n) is 2.30. The Morgan fingerprint density at radius 2 is 2.12 bits per heavy atom. The van der Waals surface area contributed by atoms with Crippen LogP contribution in [-0.4, -0.2) is 17.1 Å². The number of fused-ring (bicyclic) bond motifs is 1. The molecule has 4 nitrogen and oxygen atoms in total. The molecule has 0 bridgehead atoms. The van der Waals surface area contributed by atoms with Gasteiger partial charge < -0.3 is 9.72 Å². The first kappa shape index (κ1) is 11.3. The highest BCUT2D eigenvalue weighted by atomic mass is 16.5. The number of ether oxygens (including phenoxy) is 1. The summed E-state index contributed by atoms with van der Waals surface area (Å²) in [5.74, 6) is 0.968. The van der Waals surface area contributed by atoms with E-state index in [1.807, 2.05) is 0 Å². The number of aromatic amines is 1. The summed E-state index contributed by atoms with van der Waals surface area (Å²) in [7, 11) is 1.65. The van der Waals surface area contributed by atoms with Gasteiger partial charge in [0, 0.05) is 12.7 Å². The maximum absolute atomic E-state index is 11.8. The summed E-state index contributed by atoms with van der Waals surface area (Å²) in [5, 5.41) is 0. The van der Waals surface area contributed by atoms with Gasteiger partial charge in [-0.15, -0.1) is 0 Å².